The normalized spacial score (nSPS) is 11.6. The first-order chi connectivity index (χ1) is 9.85. The Labute approximate surface area is 123 Å². The zero-order valence-electron chi connectivity index (χ0n) is 12.3. The van der Waals surface area contributed by atoms with Crippen LogP contribution in [-0.2, 0) is 14.3 Å². The highest BCUT2D eigenvalue weighted by Crippen LogP contribution is 2.11. The molecule has 0 aliphatic carbocycles. The molecule has 0 unspecified atom stereocenters. The van der Waals surface area contributed by atoms with Gasteiger partial charge in [-0.1, -0.05) is 17.7 Å². The van der Waals surface area contributed by atoms with Gasteiger partial charge in [0.2, 0.25) is 0 Å². The molecule has 0 bridgehead atoms. The van der Waals surface area contributed by atoms with Crippen LogP contribution in [0.25, 0.3) is 0 Å². The summed E-state index contributed by atoms with van der Waals surface area (Å²) in [5, 5.41) is 11.5. The van der Waals surface area contributed by atoms with Crippen LogP contribution in [0.4, 0.5) is 0 Å². The van der Waals surface area contributed by atoms with E-state index in [-0.39, 0.29) is 12.8 Å². The zero-order valence-corrected chi connectivity index (χ0v) is 12.3. The Morgan fingerprint density at radius 1 is 1.29 bits per heavy atom. The Hall–Kier alpha value is -2.37. The fourth-order valence-corrected chi connectivity index (χ4v) is 1.84. The second kappa shape index (κ2) is 7.42. The van der Waals surface area contributed by atoms with Gasteiger partial charge in [0.05, 0.1) is 7.11 Å². The van der Waals surface area contributed by atoms with Crippen LogP contribution in [-0.4, -0.2) is 36.1 Å². The largest absolute Gasteiger partial charge is 0.480 e. The lowest BCUT2D eigenvalue weighted by molar-refractivity contribution is -0.142. The first kappa shape index (κ1) is 16.7. The Morgan fingerprint density at radius 2 is 1.95 bits per heavy atom. The molecule has 0 radical (unpaired) electrons. The monoisotopic (exact) mass is 293 g/mol. The Bertz CT molecular complexity index is 553. The topological polar surface area (TPSA) is 92.7 Å². The van der Waals surface area contributed by atoms with E-state index in [9.17, 15) is 14.4 Å². The molecular formula is C15H19NO5. The van der Waals surface area contributed by atoms with Gasteiger partial charge in [-0.15, -0.1) is 0 Å². The molecule has 0 spiro atoms. The molecule has 0 saturated heterocycles. The first-order valence-corrected chi connectivity index (χ1v) is 6.53. The van der Waals surface area contributed by atoms with Gasteiger partial charge in [0, 0.05) is 12.0 Å². The Balaban J connectivity index is 2.79. The van der Waals surface area contributed by atoms with Gasteiger partial charge in [0.25, 0.3) is 5.91 Å². The van der Waals surface area contributed by atoms with Gasteiger partial charge in [-0.25, -0.2) is 4.79 Å². The first-order valence-electron chi connectivity index (χ1n) is 6.53. The SMILES string of the molecule is COC(=O)CC[C@H](NC(=O)c1cc(C)ccc1C)C(=O)O. The third kappa shape index (κ3) is 4.91. The van der Waals surface area contributed by atoms with Crippen molar-refractivity contribution in [3.8, 4) is 0 Å². The molecule has 21 heavy (non-hydrogen) atoms. The minimum atomic E-state index is -1.18. The van der Waals surface area contributed by atoms with E-state index in [1.807, 2.05) is 13.0 Å². The van der Waals surface area contributed by atoms with Gasteiger partial charge in [0.15, 0.2) is 0 Å². The molecule has 1 aromatic carbocycles. The van der Waals surface area contributed by atoms with E-state index < -0.39 is 23.9 Å². The summed E-state index contributed by atoms with van der Waals surface area (Å²) in [4.78, 5) is 34.4. The molecule has 0 aromatic heterocycles. The van der Waals surface area contributed by atoms with Crippen LogP contribution in [0.2, 0.25) is 0 Å². The van der Waals surface area contributed by atoms with Crippen molar-refractivity contribution in [3.63, 3.8) is 0 Å². The van der Waals surface area contributed by atoms with Crippen LogP contribution in [0.15, 0.2) is 18.2 Å². The highest BCUT2D eigenvalue weighted by Gasteiger charge is 2.22. The van der Waals surface area contributed by atoms with E-state index in [0.29, 0.717) is 5.56 Å². The summed E-state index contributed by atoms with van der Waals surface area (Å²) in [7, 11) is 1.23. The van der Waals surface area contributed by atoms with Gasteiger partial charge in [-0.05, 0) is 31.9 Å². The number of aryl methyl sites for hydroxylation is 2. The van der Waals surface area contributed by atoms with Crippen molar-refractivity contribution in [1.29, 1.82) is 0 Å². The summed E-state index contributed by atoms with van der Waals surface area (Å²) >= 11 is 0. The number of methoxy groups -OCH3 is 1. The van der Waals surface area contributed by atoms with E-state index in [1.165, 1.54) is 7.11 Å². The quantitative estimate of drug-likeness (QED) is 0.774. The predicted molar refractivity (Wildman–Crippen MR) is 76.1 cm³/mol. The number of carboxylic acids is 1. The van der Waals surface area contributed by atoms with Crippen molar-refractivity contribution in [2.24, 2.45) is 0 Å². The van der Waals surface area contributed by atoms with Crippen LogP contribution >= 0.6 is 0 Å². The summed E-state index contributed by atoms with van der Waals surface area (Å²) in [5.74, 6) is -2.16. The zero-order chi connectivity index (χ0) is 16.0. The minimum absolute atomic E-state index is 0.0153. The molecule has 0 aliphatic heterocycles. The number of carbonyl (C=O) groups is 3. The van der Waals surface area contributed by atoms with E-state index in [2.05, 4.69) is 10.1 Å². The number of esters is 1. The minimum Gasteiger partial charge on any atom is -0.480 e. The molecular weight excluding hydrogens is 274 g/mol. The molecule has 1 rings (SSSR count). The number of rotatable bonds is 6. The maximum Gasteiger partial charge on any atom is 0.326 e. The molecule has 1 amide bonds. The number of carboxylic acid groups (broad SMARTS) is 1. The van der Waals surface area contributed by atoms with Crippen molar-refractivity contribution < 1.29 is 24.2 Å². The molecule has 6 nitrogen and oxygen atoms in total. The van der Waals surface area contributed by atoms with Crippen molar-refractivity contribution >= 4 is 17.8 Å². The van der Waals surface area contributed by atoms with E-state index in [1.54, 1.807) is 19.1 Å². The maximum atomic E-state index is 12.2. The highest BCUT2D eigenvalue weighted by molar-refractivity contribution is 5.98. The van der Waals surface area contributed by atoms with Crippen LogP contribution in [0.5, 0.6) is 0 Å². The second-order valence-corrected chi connectivity index (χ2v) is 4.80. The maximum absolute atomic E-state index is 12.2. The van der Waals surface area contributed by atoms with E-state index in [0.717, 1.165) is 11.1 Å². The van der Waals surface area contributed by atoms with Gasteiger partial charge in [-0.3, -0.25) is 9.59 Å². The van der Waals surface area contributed by atoms with E-state index >= 15 is 0 Å². The Morgan fingerprint density at radius 3 is 2.52 bits per heavy atom. The van der Waals surface area contributed by atoms with Crippen molar-refractivity contribution in [3.05, 3.63) is 34.9 Å². The standard InChI is InChI=1S/C15H19NO5/c1-9-4-5-10(2)11(8-9)14(18)16-12(15(19)20)6-7-13(17)21-3/h4-5,8,12H,6-7H2,1-3H3,(H,16,18)(H,19,20)/t12-/m0/s1. The van der Waals surface area contributed by atoms with Crippen molar-refractivity contribution in [2.75, 3.05) is 7.11 Å². The molecule has 6 heteroatoms. The predicted octanol–water partition coefficient (Wildman–Crippen LogP) is 1.44. The fraction of sp³-hybridized carbons (Fsp3) is 0.400. The summed E-state index contributed by atoms with van der Waals surface area (Å²) in [6, 6.07) is 4.24. The lowest BCUT2D eigenvalue weighted by Gasteiger charge is -2.15. The van der Waals surface area contributed by atoms with Gasteiger partial charge in [0.1, 0.15) is 6.04 Å². The van der Waals surface area contributed by atoms with Crippen LogP contribution in [0.1, 0.15) is 34.3 Å². The molecule has 0 saturated carbocycles. The lowest BCUT2D eigenvalue weighted by atomic mass is 10.0. The average Bonchev–Trinajstić information content (AvgIpc) is 2.44. The smallest absolute Gasteiger partial charge is 0.326 e. The summed E-state index contributed by atoms with van der Waals surface area (Å²) in [6.45, 7) is 3.63. The number of carbonyl (C=O) groups excluding carboxylic acids is 2. The summed E-state index contributed by atoms with van der Waals surface area (Å²) < 4.78 is 4.46. The number of hydrogen-bond acceptors (Lipinski definition) is 4. The molecule has 0 heterocycles. The van der Waals surface area contributed by atoms with Crippen LogP contribution < -0.4 is 5.32 Å². The second-order valence-electron chi connectivity index (χ2n) is 4.80. The average molecular weight is 293 g/mol. The Kier molecular flexibility index (Phi) is 5.90. The summed E-state index contributed by atoms with van der Waals surface area (Å²) in [5.41, 5.74) is 2.10. The number of aliphatic carboxylic acids is 1. The number of benzene rings is 1. The van der Waals surface area contributed by atoms with Crippen molar-refractivity contribution in [2.45, 2.75) is 32.7 Å². The number of hydrogen-bond donors (Lipinski definition) is 2. The molecule has 1 atom stereocenters. The van der Waals surface area contributed by atoms with Crippen LogP contribution in [0, 0.1) is 13.8 Å². The van der Waals surface area contributed by atoms with E-state index in [4.69, 9.17) is 5.11 Å². The number of ether oxygens (including phenoxy) is 1. The molecule has 1 aromatic rings. The van der Waals surface area contributed by atoms with Gasteiger partial charge >= 0.3 is 11.9 Å². The molecule has 0 fully saturated rings. The van der Waals surface area contributed by atoms with Crippen LogP contribution in [0.3, 0.4) is 0 Å². The third-order valence-corrected chi connectivity index (χ3v) is 3.11. The summed E-state index contributed by atoms with van der Waals surface area (Å²) in [6.07, 6.45) is -0.0842. The fourth-order valence-electron chi connectivity index (χ4n) is 1.84. The lowest BCUT2D eigenvalue weighted by Crippen LogP contribution is -2.41. The number of nitrogens with one attached hydrogen (secondary N) is 1. The van der Waals surface area contributed by atoms with Crippen molar-refractivity contribution in [1.82, 2.24) is 5.32 Å². The van der Waals surface area contributed by atoms with Gasteiger partial charge in [-0.2, -0.15) is 0 Å². The van der Waals surface area contributed by atoms with Gasteiger partial charge < -0.3 is 15.2 Å². The molecule has 0 aliphatic rings. The third-order valence-electron chi connectivity index (χ3n) is 3.11. The number of amides is 1. The molecule has 114 valence electrons. The highest BCUT2D eigenvalue weighted by atomic mass is 16.5. The molecule has 2 N–H and O–H groups in total.